The average molecular weight is 739 g/mol. The summed E-state index contributed by atoms with van der Waals surface area (Å²) in [5.41, 5.74) is -0.760. The molecule has 0 bridgehead atoms. The molecule has 4 aromatic rings. The van der Waals surface area contributed by atoms with Crippen molar-refractivity contribution in [1.29, 1.82) is 0 Å². The van der Waals surface area contributed by atoms with E-state index in [2.05, 4.69) is 16.9 Å². The Morgan fingerprint density at radius 3 is 2.46 bits per heavy atom. The summed E-state index contributed by atoms with van der Waals surface area (Å²) in [5.74, 6) is -2.77. The number of carbonyl (C=O) groups excluding carboxylic acids is 3. The number of nitrogens with one attached hydrogen (secondary N) is 2. The molecule has 4 heterocycles. The summed E-state index contributed by atoms with van der Waals surface area (Å²) in [5, 5.41) is 15.7. The molecule has 262 valence electrons. The molecule has 3 aromatic heterocycles. The summed E-state index contributed by atoms with van der Waals surface area (Å²) in [6, 6.07) is 12.4. The number of halogens is 1. The molecule has 0 radical (unpaired) electrons. The van der Waals surface area contributed by atoms with Crippen molar-refractivity contribution in [2.24, 2.45) is 11.3 Å². The highest BCUT2D eigenvalue weighted by Gasteiger charge is 2.61. The number of rotatable bonds is 10. The van der Waals surface area contributed by atoms with E-state index in [0.29, 0.717) is 16.7 Å². The first-order valence-corrected chi connectivity index (χ1v) is 18.5. The minimum Gasteiger partial charge on any atom is -0.471 e. The Balaban J connectivity index is 1.28. The highest BCUT2D eigenvalue weighted by Crippen LogP contribution is 2.45. The number of likely N-dealkylation sites (tertiary alicyclic amines) is 1. The van der Waals surface area contributed by atoms with Gasteiger partial charge in [-0.3, -0.25) is 14.4 Å². The van der Waals surface area contributed by atoms with Crippen LogP contribution in [0.1, 0.15) is 33.6 Å². The van der Waals surface area contributed by atoms with Gasteiger partial charge in [-0.05, 0) is 47.5 Å². The van der Waals surface area contributed by atoms with Gasteiger partial charge in [0.15, 0.2) is 0 Å². The van der Waals surface area contributed by atoms with Crippen molar-refractivity contribution >= 4 is 61.7 Å². The van der Waals surface area contributed by atoms with Crippen LogP contribution in [0.4, 0.5) is 0 Å². The molecule has 1 aliphatic heterocycles. The topological polar surface area (TPSA) is 181 Å². The number of amides is 3. The Kier molecular flexibility index (Phi) is 9.45. The SMILES string of the molecule is C=C[C@@H]1C[C@]1(NC(=O)[C@@H]1C[C@@H](Oc2nc3ccccc3nc2-c2cccs2)CN1C(=O)[C@@H](O)C(C)(C)C)C(=O)NS(=O)(=O)c1ccc(Cl)nc1. The van der Waals surface area contributed by atoms with Crippen molar-refractivity contribution in [3.05, 3.63) is 77.9 Å². The second-order valence-corrected chi connectivity index (χ2v) is 16.4. The second kappa shape index (κ2) is 13.4. The second-order valence-electron chi connectivity index (χ2n) is 13.4. The molecule has 16 heteroatoms. The number of pyridine rings is 1. The molecule has 6 rings (SSSR count). The molecular formula is C34H35ClN6O7S2. The molecule has 1 saturated heterocycles. The third-order valence-electron chi connectivity index (χ3n) is 8.76. The Hall–Kier alpha value is -4.44. The highest BCUT2D eigenvalue weighted by atomic mass is 35.5. The number of hydrogen-bond acceptors (Lipinski definition) is 11. The third kappa shape index (κ3) is 6.95. The number of sulfonamides is 1. The van der Waals surface area contributed by atoms with Crippen LogP contribution in [0.2, 0.25) is 5.15 Å². The maximum atomic E-state index is 14.1. The highest BCUT2D eigenvalue weighted by molar-refractivity contribution is 7.90. The lowest BCUT2D eigenvalue weighted by Crippen LogP contribution is -2.57. The van der Waals surface area contributed by atoms with Gasteiger partial charge in [-0.1, -0.05) is 56.6 Å². The predicted octanol–water partition coefficient (Wildman–Crippen LogP) is 3.73. The number of aliphatic hydroxyl groups excluding tert-OH is 1. The molecule has 0 spiro atoms. The molecular weight excluding hydrogens is 704 g/mol. The first-order valence-electron chi connectivity index (χ1n) is 15.7. The number of aliphatic hydroxyl groups is 1. The van der Waals surface area contributed by atoms with Crippen molar-refractivity contribution in [1.82, 2.24) is 29.9 Å². The van der Waals surface area contributed by atoms with Crippen LogP contribution in [0.3, 0.4) is 0 Å². The molecule has 1 saturated carbocycles. The first kappa shape index (κ1) is 35.4. The van der Waals surface area contributed by atoms with E-state index in [0.717, 1.165) is 11.1 Å². The Bertz CT molecular complexity index is 2070. The van der Waals surface area contributed by atoms with Crippen LogP contribution < -0.4 is 14.8 Å². The molecule has 5 atom stereocenters. The quantitative estimate of drug-likeness (QED) is 0.160. The van der Waals surface area contributed by atoms with Gasteiger partial charge in [0, 0.05) is 18.5 Å². The maximum Gasteiger partial charge on any atom is 0.265 e. The normalized spacial score (nSPS) is 22.5. The van der Waals surface area contributed by atoms with Gasteiger partial charge in [0.1, 0.15) is 39.5 Å². The zero-order valence-electron chi connectivity index (χ0n) is 27.4. The maximum absolute atomic E-state index is 14.1. The standard InChI is InChI=1S/C34H35ClN6O7S2/c1-5-19-16-34(19,32(45)40-50(46,47)21-12-13-26(35)36-17-21)39-29(43)24-15-20(18-41(24)31(44)28(42)33(2,3)4)48-30-27(25-11-8-14-49-25)37-22-9-6-7-10-23(22)38-30/h5-14,17,19-20,24,28,42H,1,15-16,18H2,2-4H3,(H,39,43)(H,40,45)/t19-,20-,24+,28-,34-/m1/s1. The largest absolute Gasteiger partial charge is 0.471 e. The van der Waals surface area contributed by atoms with Crippen molar-refractivity contribution in [2.75, 3.05) is 6.54 Å². The van der Waals surface area contributed by atoms with Gasteiger partial charge in [0.2, 0.25) is 11.8 Å². The zero-order valence-corrected chi connectivity index (χ0v) is 29.8. The minimum absolute atomic E-state index is 0.0159. The molecule has 3 amide bonds. The molecule has 2 fully saturated rings. The molecule has 50 heavy (non-hydrogen) atoms. The monoisotopic (exact) mass is 738 g/mol. The summed E-state index contributed by atoms with van der Waals surface area (Å²) < 4.78 is 34.5. The van der Waals surface area contributed by atoms with Crippen LogP contribution in [0, 0.1) is 11.3 Å². The van der Waals surface area contributed by atoms with E-state index in [9.17, 15) is 27.9 Å². The lowest BCUT2D eigenvalue weighted by molar-refractivity contribution is -0.150. The van der Waals surface area contributed by atoms with Crippen molar-refractivity contribution in [2.45, 2.75) is 62.3 Å². The van der Waals surface area contributed by atoms with Crippen LogP contribution in [0.15, 0.2) is 77.7 Å². The minimum atomic E-state index is -4.38. The summed E-state index contributed by atoms with van der Waals surface area (Å²) in [6.07, 6.45) is 0.299. The van der Waals surface area contributed by atoms with E-state index in [4.69, 9.17) is 26.3 Å². The Labute approximate surface area is 297 Å². The number of benzene rings is 1. The third-order valence-corrected chi connectivity index (χ3v) is 11.2. The zero-order chi connectivity index (χ0) is 36.0. The van der Waals surface area contributed by atoms with E-state index in [1.165, 1.54) is 34.4 Å². The van der Waals surface area contributed by atoms with Gasteiger partial charge < -0.3 is 20.1 Å². The van der Waals surface area contributed by atoms with Crippen LogP contribution >= 0.6 is 22.9 Å². The number of carbonyl (C=O) groups is 3. The van der Waals surface area contributed by atoms with Crippen LogP contribution in [0.25, 0.3) is 21.6 Å². The molecule has 13 nitrogen and oxygen atoms in total. The molecule has 1 aromatic carbocycles. The molecule has 0 unspecified atom stereocenters. The fourth-order valence-electron chi connectivity index (χ4n) is 5.83. The first-order chi connectivity index (χ1) is 23.6. The van der Waals surface area contributed by atoms with E-state index in [1.807, 2.05) is 40.4 Å². The Morgan fingerprint density at radius 1 is 1.14 bits per heavy atom. The fourth-order valence-corrected chi connectivity index (χ4v) is 7.63. The van der Waals surface area contributed by atoms with Gasteiger partial charge in [-0.15, -0.1) is 17.9 Å². The van der Waals surface area contributed by atoms with Gasteiger partial charge in [-0.2, -0.15) is 0 Å². The van der Waals surface area contributed by atoms with E-state index < -0.39 is 62.9 Å². The number of ether oxygens (including phenoxy) is 1. The Morgan fingerprint density at radius 2 is 1.86 bits per heavy atom. The molecule has 2 aliphatic rings. The number of para-hydroxylation sites is 2. The van der Waals surface area contributed by atoms with Gasteiger partial charge >= 0.3 is 0 Å². The average Bonchev–Trinajstić information content (AvgIpc) is 3.37. The molecule has 3 N–H and O–H groups in total. The van der Waals surface area contributed by atoms with Crippen molar-refractivity contribution in [3.63, 3.8) is 0 Å². The predicted molar refractivity (Wildman–Crippen MR) is 187 cm³/mol. The van der Waals surface area contributed by atoms with E-state index >= 15 is 0 Å². The van der Waals surface area contributed by atoms with Gasteiger partial charge in [0.25, 0.3) is 21.8 Å². The van der Waals surface area contributed by atoms with Crippen molar-refractivity contribution in [3.8, 4) is 16.5 Å². The summed E-state index contributed by atoms with van der Waals surface area (Å²) in [6.45, 7) is 8.75. The van der Waals surface area contributed by atoms with E-state index in [1.54, 1.807) is 26.8 Å². The van der Waals surface area contributed by atoms with Gasteiger partial charge in [0.05, 0.1) is 22.5 Å². The summed E-state index contributed by atoms with van der Waals surface area (Å²) >= 11 is 7.24. The van der Waals surface area contributed by atoms with Crippen molar-refractivity contribution < 1.29 is 32.6 Å². The van der Waals surface area contributed by atoms with Crippen LogP contribution in [-0.4, -0.2) is 81.4 Å². The van der Waals surface area contributed by atoms with Crippen LogP contribution in [-0.2, 0) is 24.4 Å². The smallest absolute Gasteiger partial charge is 0.265 e. The lowest BCUT2D eigenvalue weighted by Gasteiger charge is -2.32. The lowest BCUT2D eigenvalue weighted by atomic mass is 9.88. The summed E-state index contributed by atoms with van der Waals surface area (Å²) in [7, 11) is -4.38. The number of aromatic nitrogens is 3. The molecule has 1 aliphatic carbocycles. The fraction of sp³-hybridized carbons (Fsp3) is 0.353. The van der Waals surface area contributed by atoms with Gasteiger partial charge in [-0.25, -0.2) is 28.1 Å². The van der Waals surface area contributed by atoms with E-state index in [-0.39, 0.29) is 35.3 Å². The number of hydrogen-bond donors (Lipinski definition) is 3. The number of fused-ring (bicyclic) bond motifs is 1. The summed E-state index contributed by atoms with van der Waals surface area (Å²) in [4.78, 5) is 56.4. The number of nitrogens with zero attached hydrogens (tertiary/aromatic N) is 4. The van der Waals surface area contributed by atoms with Crippen LogP contribution in [0.5, 0.6) is 5.88 Å². The number of thiophene rings is 1.